The fourth-order valence-corrected chi connectivity index (χ4v) is 2.97. The first kappa shape index (κ1) is 16.4. The number of furan rings is 1. The van der Waals surface area contributed by atoms with Crippen LogP contribution in [0.1, 0.15) is 10.4 Å². The van der Waals surface area contributed by atoms with E-state index in [4.69, 9.17) is 20.8 Å². The molecule has 0 aliphatic carbocycles. The van der Waals surface area contributed by atoms with Gasteiger partial charge < -0.3 is 14.1 Å². The number of fused-ring (bicyclic) bond motifs is 1. The van der Waals surface area contributed by atoms with Gasteiger partial charge in [0.2, 0.25) is 0 Å². The van der Waals surface area contributed by atoms with E-state index >= 15 is 0 Å². The molecule has 2 heterocycles. The van der Waals surface area contributed by atoms with Crippen LogP contribution < -0.4 is 0 Å². The second-order valence-electron chi connectivity index (χ2n) is 5.59. The van der Waals surface area contributed by atoms with Crippen LogP contribution in [-0.4, -0.2) is 23.0 Å². The maximum atomic E-state index is 14.1. The molecule has 0 saturated carbocycles. The number of aromatic nitrogens is 2. The second-order valence-corrected chi connectivity index (χ2v) is 5.99. The summed E-state index contributed by atoms with van der Waals surface area (Å²) in [7, 11) is 1.33. The highest BCUT2D eigenvalue weighted by Crippen LogP contribution is 2.32. The molecular formula is C19H12ClFN2O3. The minimum absolute atomic E-state index is 0.199. The van der Waals surface area contributed by atoms with Crippen molar-refractivity contribution in [2.75, 3.05) is 7.11 Å². The number of carbonyl (C=O) groups excluding carboxylic acids is 1. The van der Waals surface area contributed by atoms with Crippen molar-refractivity contribution in [3.63, 3.8) is 0 Å². The highest BCUT2D eigenvalue weighted by atomic mass is 35.5. The number of methoxy groups -OCH3 is 1. The minimum Gasteiger partial charge on any atom is -0.465 e. The van der Waals surface area contributed by atoms with Crippen LogP contribution in [0.3, 0.4) is 0 Å². The number of ether oxygens (including phenoxy) is 1. The van der Waals surface area contributed by atoms with Crippen LogP contribution in [0.4, 0.5) is 4.39 Å². The van der Waals surface area contributed by atoms with Crippen molar-refractivity contribution in [1.29, 1.82) is 0 Å². The van der Waals surface area contributed by atoms with Crippen LogP contribution in [-0.2, 0) is 4.74 Å². The Kier molecular flexibility index (Phi) is 3.97. The summed E-state index contributed by atoms with van der Waals surface area (Å²) in [5.74, 6) is -0.104. The molecule has 4 rings (SSSR count). The second kappa shape index (κ2) is 6.31. The standard InChI is InChI=1S/C19H12ClFN2O3/c1-25-19(24)10-5-6-15-11(7-10)8-16(26-15)14-9-22-18(23-14)17-12(20)3-2-4-13(17)21/h2-9H,1H3,(H,22,23). The van der Waals surface area contributed by atoms with Gasteiger partial charge in [-0.1, -0.05) is 17.7 Å². The van der Waals surface area contributed by atoms with Crippen LogP contribution in [0.25, 0.3) is 33.8 Å². The topological polar surface area (TPSA) is 68.1 Å². The molecule has 0 aliphatic rings. The number of nitrogens with zero attached hydrogens (tertiary/aromatic N) is 1. The molecule has 2 aromatic heterocycles. The summed E-state index contributed by atoms with van der Waals surface area (Å²) in [5.41, 5.74) is 1.72. The van der Waals surface area contributed by atoms with Gasteiger partial charge in [0, 0.05) is 11.6 Å². The first-order valence-electron chi connectivity index (χ1n) is 7.69. The van der Waals surface area contributed by atoms with Crippen LogP contribution >= 0.6 is 11.6 Å². The number of rotatable bonds is 3. The molecule has 2 aromatic carbocycles. The first-order chi connectivity index (χ1) is 12.6. The summed E-state index contributed by atoms with van der Waals surface area (Å²) in [6, 6.07) is 11.2. The van der Waals surface area contributed by atoms with Crippen LogP contribution in [0.5, 0.6) is 0 Å². The number of nitrogens with one attached hydrogen (secondary N) is 1. The Balaban J connectivity index is 1.75. The summed E-state index contributed by atoms with van der Waals surface area (Å²) >= 11 is 6.08. The van der Waals surface area contributed by atoms with E-state index in [1.165, 1.54) is 19.2 Å². The van der Waals surface area contributed by atoms with Gasteiger partial charge in [0.1, 0.15) is 22.9 Å². The summed E-state index contributed by atoms with van der Waals surface area (Å²) in [4.78, 5) is 18.9. The molecule has 0 atom stereocenters. The van der Waals surface area contributed by atoms with Crippen molar-refractivity contribution in [2.45, 2.75) is 0 Å². The highest BCUT2D eigenvalue weighted by molar-refractivity contribution is 6.33. The smallest absolute Gasteiger partial charge is 0.337 e. The van der Waals surface area contributed by atoms with Crippen molar-refractivity contribution >= 4 is 28.5 Å². The number of H-pyrrole nitrogens is 1. The zero-order valence-corrected chi connectivity index (χ0v) is 14.3. The Labute approximate surface area is 152 Å². The molecule has 130 valence electrons. The number of hydrogen-bond donors (Lipinski definition) is 1. The lowest BCUT2D eigenvalue weighted by molar-refractivity contribution is 0.0601. The lowest BCUT2D eigenvalue weighted by Crippen LogP contribution is -1.99. The van der Waals surface area contributed by atoms with Crippen molar-refractivity contribution in [3.05, 3.63) is 65.1 Å². The molecule has 0 amide bonds. The normalized spacial score (nSPS) is 11.0. The maximum absolute atomic E-state index is 14.1. The number of imidazole rings is 1. The van der Waals surface area contributed by atoms with Crippen molar-refractivity contribution in [1.82, 2.24) is 9.97 Å². The van der Waals surface area contributed by atoms with Gasteiger partial charge in [-0.05, 0) is 36.4 Å². The van der Waals surface area contributed by atoms with Gasteiger partial charge in [0.05, 0.1) is 23.3 Å². The Hall–Kier alpha value is -3.12. The average molecular weight is 371 g/mol. The minimum atomic E-state index is -0.467. The van der Waals surface area contributed by atoms with Gasteiger partial charge in [-0.15, -0.1) is 0 Å². The van der Waals surface area contributed by atoms with E-state index in [-0.39, 0.29) is 10.6 Å². The number of aromatic amines is 1. The zero-order chi connectivity index (χ0) is 18.3. The largest absolute Gasteiger partial charge is 0.465 e. The highest BCUT2D eigenvalue weighted by Gasteiger charge is 2.16. The van der Waals surface area contributed by atoms with E-state index in [1.54, 1.807) is 36.5 Å². The molecule has 0 fully saturated rings. The third kappa shape index (κ3) is 2.74. The number of carbonyl (C=O) groups is 1. The molecule has 26 heavy (non-hydrogen) atoms. The lowest BCUT2D eigenvalue weighted by Gasteiger charge is -2.01. The number of benzene rings is 2. The van der Waals surface area contributed by atoms with Crippen molar-refractivity contribution in [2.24, 2.45) is 0 Å². The molecule has 0 radical (unpaired) electrons. The van der Waals surface area contributed by atoms with E-state index in [2.05, 4.69) is 9.97 Å². The Morgan fingerprint density at radius 2 is 2.12 bits per heavy atom. The lowest BCUT2D eigenvalue weighted by atomic mass is 10.1. The number of halogens is 2. The molecule has 5 nitrogen and oxygen atoms in total. The van der Waals surface area contributed by atoms with E-state index < -0.39 is 11.8 Å². The Bertz CT molecular complexity index is 1110. The number of esters is 1. The molecule has 0 bridgehead atoms. The van der Waals surface area contributed by atoms with E-state index in [1.807, 2.05) is 0 Å². The van der Waals surface area contributed by atoms with Gasteiger partial charge in [-0.3, -0.25) is 0 Å². The quantitative estimate of drug-likeness (QED) is 0.511. The van der Waals surface area contributed by atoms with Gasteiger partial charge in [-0.25, -0.2) is 14.2 Å². The third-order valence-corrected chi connectivity index (χ3v) is 4.28. The summed E-state index contributed by atoms with van der Waals surface area (Å²) in [6.07, 6.45) is 1.61. The molecular weight excluding hydrogens is 359 g/mol. The third-order valence-electron chi connectivity index (χ3n) is 3.97. The van der Waals surface area contributed by atoms with Crippen molar-refractivity contribution in [3.8, 4) is 22.8 Å². The van der Waals surface area contributed by atoms with Crippen molar-refractivity contribution < 1.29 is 18.3 Å². The molecule has 0 unspecified atom stereocenters. The SMILES string of the molecule is COC(=O)c1ccc2oc(-c3c[nH]c(-c4c(F)cccc4Cl)n3)cc2c1. The van der Waals surface area contributed by atoms with Gasteiger partial charge >= 0.3 is 5.97 Å². The predicted molar refractivity (Wildman–Crippen MR) is 95.5 cm³/mol. The van der Waals surface area contributed by atoms with E-state index in [0.29, 0.717) is 28.4 Å². The molecule has 7 heteroatoms. The van der Waals surface area contributed by atoms with Crippen LogP contribution in [0.15, 0.2) is 53.1 Å². The fourth-order valence-electron chi connectivity index (χ4n) is 2.71. The van der Waals surface area contributed by atoms with Gasteiger partial charge in [0.25, 0.3) is 0 Å². The predicted octanol–water partition coefficient (Wildman–Crippen LogP) is 5.07. The van der Waals surface area contributed by atoms with E-state index in [9.17, 15) is 9.18 Å². The average Bonchev–Trinajstić information content (AvgIpc) is 3.27. The van der Waals surface area contributed by atoms with E-state index in [0.717, 1.165) is 5.39 Å². The molecule has 0 aliphatic heterocycles. The van der Waals surface area contributed by atoms with Crippen LogP contribution in [0, 0.1) is 5.82 Å². The molecule has 1 N–H and O–H groups in total. The molecule has 0 spiro atoms. The van der Waals surface area contributed by atoms with Gasteiger partial charge in [-0.2, -0.15) is 0 Å². The summed E-state index contributed by atoms with van der Waals surface area (Å²) < 4.78 is 24.5. The Morgan fingerprint density at radius 1 is 1.27 bits per heavy atom. The first-order valence-corrected chi connectivity index (χ1v) is 8.06. The fraction of sp³-hybridized carbons (Fsp3) is 0.0526. The van der Waals surface area contributed by atoms with Gasteiger partial charge in [0.15, 0.2) is 5.76 Å². The Morgan fingerprint density at radius 3 is 2.88 bits per heavy atom. The van der Waals surface area contributed by atoms with Crippen LogP contribution in [0.2, 0.25) is 5.02 Å². The maximum Gasteiger partial charge on any atom is 0.337 e. The summed E-state index contributed by atoms with van der Waals surface area (Å²) in [6.45, 7) is 0. The molecule has 4 aromatic rings. The number of hydrogen-bond acceptors (Lipinski definition) is 4. The molecule has 0 saturated heterocycles. The summed E-state index contributed by atoms with van der Waals surface area (Å²) in [5, 5.41) is 0.995. The zero-order valence-electron chi connectivity index (χ0n) is 13.5. The monoisotopic (exact) mass is 370 g/mol.